The Morgan fingerprint density at radius 3 is 2.75 bits per heavy atom. The molecular weight excluding hydrogens is 352 g/mol. The standard InChI is InChI=1S/C22H26N4O2/c1-15-18-10-11-19(27)25(2)22(18)24-21(23-15)17-9-6-12-26(14-17)20(28)13-16-7-4-3-5-8-16/h3-5,7-8,17H,6,9-14H2,1-2H3/t17-/m0/s1. The van der Waals surface area contributed by atoms with E-state index in [1.54, 1.807) is 11.9 Å². The first kappa shape index (κ1) is 18.6. The molecule has 28 heavy (non-hydrogen) atoms. The lowest BCUT2D eigenvalue weighted by Gasteiger charge is -2.33. The second kappa shape index (κ2) is 7.70. The monoisotopic (exact) mass is 378 g/mol. The minimum atomic E-state index is 0.0971. The molecule has 1 fully saturated rings. The number of piperidine rings is 1. The lowest BCUT2D eigenvalue weighted by Crippen LogP contribution is -2.40. The number of hydrogen-bond acceptors (Lipinski definition) is 4. The van der Waals surface area contributed by atoms with E-state index in [-0.39, 0.29) is 17.7 Å². The van der Waals surface area contributed by atoms with E-state index in [0.29, 0.717) is 25.8 Å². The molecule has 2 aromatic rings. The summed E-state index contributed by atoms with van der Waals surface area (Å²) in [6, 6.07) is 9.86. The van der Waals surface area contributed by atoms with Crippen LogP contribution in [0.15, 0.2) is 30.3 Å². The molecule has 2 aliphatic heterocycles. The van der Waals surface area contributed by atoms with Crippen molar-refractivity contribution in [2.24, 2.45) is 0 Å². The molecule has 1 saturated heterocycles. The molecule has 0 saturated carbocycles. The summed E-state index contributed by atoms with van der Waals surface area (Å²) in [5, 5.41) is 0. The van der Waals surface area contributed by atoms with E-state index in [9.17, 15) is 9.59 Å². The first-order chi connectivity index (χ1) is 13.5. The number of anilines is 1. The van der Waals surface area contributed by atoms with E-state index in [2.05, 4.69) is 0 Å². The van der Waals surface area contributed by atoms with Crippen molar-refractivity contribution in [1.82, 2.24) is 14.9 Å². The summed E-state index contributed by atoms with van der Waals surface area (Å²) < 4.78 is 0. The van der Waals surface area contributed by atoms with Gasteiger partial charge in [0.25, 0.3) is 0 Å². The van der Waals surface area contributed by atoms with E-state index in [0.717, 1.165) is 47.8 Å². The molecule has 0 spiro atoms. The Balaban J connectivity index is 1.53. The van der Waals surface area contributed by atoms with Gasteiger partial charge in [-0.25, -0.2) is 9.97 Å². The Kier molecular flexibility index (Phi) is 5.11. The van der Waals surface area contributed by atoms with E-state index in [4.69, 9.17) is 9.97 Å². The van der Waals surface area contributed by atoms with Crippen LogP contribution in [0.2, 0.25) is 0 Å². The van der Waals surface area contributed by atoms with Gasteiger partial charge in [-0.3, -0.25) is 14.5 Å². The maximum atomic E-state index is 12.8. The van der Waals surface area contributed by atoms with Gasteiger partial charge in [0.05, 0.1) is 6.42 Å². The van der Waals surface area contributed by atoms with Crippen molar-refractivity contribution < 1.29 is 9.59 Å². The van der Waals surface area contributed by atoms with Gasteiger partial charge in [0.2, 0.25) is 11.8 Å². The number of carbonyl (C=O) groups is 2. The molecule has 1 aromatic heterocycles. The molecule has 6 heteroatoms. The Labute approximate surface area is 165 Å². The van der Waals surface area contributed by atoms with E-state index >= 15 is 0 Å². The Hall–Kier alpha value is -2.76. The fourth-order valence-electron chi connectivity index (χ4n) is 4.17. The summed E-state index contributed by atoms with van der Waals surface area (Å²) in [5.41, 5.74) is 3.06. The van der Waals surface area contributed by atoms with Gasteiger partial charge in [-0.05, 0) is 31.7 Å². The third-order valence-electron chi connectivity index (χ3n) is 5.83. The smallest absolute Gasteiger partial charge is 0.228 e. The van der Waals surface area contributed by atoms with Crippen LogP contribution in [0.25, 0.3) is 0 Å². The van der Waals surface area contributed by atoms with Crippen LogP contribution >= 0.6 is 0 Å². The van der Waals surface area contributed by atoms with E-state index in [1.807, 2.05) is 42.2 Å². The number of aryl methyl sites for hydroxylation is 1. The zero-order valence-corrected chi connectivity index (χ0v) is 16.5. The zero-order chi connectivity index (χ0) is 19.7. The Morgan fingerprint density at radius 1 is 1.18 bits per heavy atom. The number of aromatic nitrogens is 2. The molecule has 3 heterocycles. The number of fused-ring (bicyclic) bond motifs is 1. The van der Waals surface area contributed by atoms with Gasteiger partial charge < -0.3 is 4.90 Å². The quantitative estimate of drug-likeness (QED) is 0.824. The van der Waals surface area contributed by atoms with E-state index in [1.165, 1.54) is 0 Å². The highest BCUT2D eigenvalue weighted by Crippen LogP contribution is 2.31. The molecular formula is C22H26N4O2. The normalized spacial score (nSPS) is 19.5. The fraction of sp³-hybridized carbons (Fsp3) is 0.455. The first-order valence-corrected chi connectivity index (χ1v) is 9.98. The third-order valence-corrected chi connectivity index (χ3v) is 5.83. The highest BCUT2D eigenvalue weighted by molar-refractivity contribution is 5.94. The largest absolute Gasteiger partial charge is 0.342 e. The van der Waals surface area contributed by atoms with Gasteiger partial charge >= 0.3 is 0 Å². The van der Waals surface area contributed by atoms with Crippen molar-refractivity contribution in [1.29, 1.82) is 0 Å². The predicted molar refractivity (Wildman–Crippen MR) is 107 cm³/mol. The van der Waals surface area contributed by atoms with Crippen molar-refractivity contribution >= 4 is 17.6 Å². The lowest BCUT2D eigenvalue weighted by atomic mass is 9.95. The predicted octanol–water partition coefficient (Wildman–Crippen LogP) is 2.64. The SMILES string of the molecule is Cc1nc([C@H]2CCCN(C(=O)Cc3ccccc3)C2)nc2c1CCC(=O)N2C. The van der Waals surface area contributed by atoms with Gasteiger partial charge in [0, 0.05) is 43.7 Å². The molecule has 2 amide bonds. The molecule has 146 valence electrons. The summed E-state index contributed by atoms with van der Waals surface area (Å²) in [4.78, 5) is 38.0. The number of rotatable bonds is 3. The first-order valence-electron chi connectivity index (χ1n) is 9.98. The summed E-state index contributed by atoms with van der Waals surface area (Å²) in [6.45, 7) is 3.42. The summed E-state index contributed by atoms with van der Waals surface area (Å²) >= 11 is 0. The molecule has 0 radical (unpaired) electrons. The van der Waals surface area contributed by atoms with Crippen molar-refractivity contribution in [2.75, 3.05) is 25.0 Å². The van der Waals surface area contributed by atoms with Crippen LogP contribution in [0.5, 0.6) is 0 Å². The Bertz CT molecular complexity index is 897. The summed E-state index contributed by atoms with van der Waals surface area (Å²) in [6.07, 6.45) is 3.55. The van der Waals surface area contributed by atoms with Crippen LogP contribution < -0.4 is 4.90 Å². The number of amides is 2. The molecule has 0 N–H and O–H groups in total. The van der Waals surface area contributed by atoms with Gasteiger partial charge in [0.1, 0.15) is 11.6 Å². The van der Waals surface area contributed by atoms with Gasteiger partial charge in [-0.15, -0.1) is 0 Å². The van der Waals surface area contributed by atoms with Crippen molar-refractivity contribution in [3.63, 3.8) is 0 Å². The van der Waals surface area contributed by atoms with Crippen molar-refractivity contribution in [2.45, 2.75) is 44.9 Å². The fourth-order valence-corrected chi connectivity index (χ4v) is 4.17. The maximum Gasteiger partial charge on any atom is 0.228 e. The number of hydrogen-bond donors (Lipinski definition) is 0. The summed E-state index contributed by atoms with van der Waals surface area (Å²) in [7, 11) is 1.78. The second-order valence-electron chi connectivity index (χ2n) is 7.76. The van der Waals surface area contributed by atoms with Gasteiger partial charge in [-0.1, -0.05) is 30.3 Å². The minimum Gasteiger partial charge on any atom is -0.342 e. The number of likely N-dealkylation sites (tertiary alicyclic amines) is 1. The molecule has 0 aliphatic carbocycles. The molecule has 1 aromatic carbocycles. The topological polar surface area (TPSA) is 66.4 Å². The molecule has 0 bridgehead atoms. The highest BCUT2D eigenvalue weighted by atomic mass is 16.2. The van der Waals surface area contributed by atoms with Crippen LogP contribution in [0.1, 0.15) is 47.8 Å². The second-order valence-corrected chi connectivity index (χ2v) is 7.76. The molecule has 6 nitrogen and oxygen atoms in total. The maximum absolute atomic E-state index is 12.8. The van der Waals surface area contributed by atoms with Crippen molar-refractivity contribution in [3.05, 3.63) is 53.0 Å². The average Bonchev–Trinajstić information content (AvgIpc) is 2.71. The van der Waals surface area contributed by atoms with E-state index < -0.39 is 0 Å². The highest BCUT2D eigenvalue weighted by Gasteiger charge is 2.30. The zero-order valence-electron chi connectivity index (χ0n) is 16.5. The van der Waals surface area contributed by atoms with Gasteiger partial charge in [0.15, 0.2) is 0 Å². The molecule has 0 unspecified atom stereocenters. The molecule has 4 rings (SSSR count). The number of carbonyl (C=O) groups excluding carboxylic acids is 2. The lowest BCUT2D eigenvalue weighted by molar-refractivity contribution is -0.131. The average molecular weight is 378 g/mol. The molecule has 2 aliphatic rings. The van der Waals surface area contributed by atoms with Crippen LogP contribution in [0, 0.1) is 6.92 Å². The number of benzene rings is 1. The van der Waals surface area contributed by atoms with Crippen LogP contribution in [-0.4, -0.2) is 46.8 Å². The van der Waals surface area contributed by atoms with Crippen LogP contribution in [0.4, 0.5) is 5.82 Å². The minimum absolute atomic E-state index is 0.0971. The summed E-state index contributed by atoms with van der Waals surface area (Å²) in [5.74, 6) is 1.86. The third kappa shape index (κ3) is 3.63. The van der Waals surface area contributed by atoms with Crippen molar-refractivity contribution in [3.8, 4) is 0 Å². The Morgan fingerprint density at radius 2 is 1.96 bits per heavy atom. The number of nitrogens with zero attached hydrogens (tertiary/aromatic N) is 4. The van der Waals surface area contributed by atoms with Crippen LogP contribution in [-0.2, 0) is 22.4 Å². The molecule has 1 atom stereocenters. The van der Waals surface area contributed by atoms with Crippen LogP contribution in [0.3, 0.4) is 0 Å². The van der Waals surface area contributed by atoms with Gasteiger partial charge in [-0.2, -0.15) is 0 Å².